The maximum absolute atomic E-state index is 12.8. The smallest absolute Gasteiger partial charge is 0.254 e. The Bertz CT molecular complexity index is 681. The highest BCUT2D eigenvalue weighted by molar-refractivity contribution is 5.95. The van der Waals surface area contributed by atoms with Crippen LogP contribution in [0.4, 0.5) is 5.82 Å². The number of carbonyl (C=O) groups is 1. The molecule has 0 bridgehead atoms. The normalized spacial score (nSPS) is 17.8. The Balaban J connectivity index is 1.75. The van der Waals surface area contributed by atoms with Gasteiger partial charge in [-0.25, -0.2) is 4.98 Å². The van der Waals surface area contributed by atoms with Crippen molar-refractivity contribution < 1.29 is 4.79 Å². The lowest BCUT2D eigenvalue weighted by atomic mass is 9.90. The van der Waals surface area contributed by atoms with E-state index in [0.29, 0.717) is 11.5 Å². The SMILES string of the molecule is CNc1cc(C(=O)N2CCC[C@H](c3ccc(C)cc3)C2)ccn1. The van der Waals surface area contributed by atoms with Gasteiger partial charge in [0.2, 0.25) is 0 Å². The van der Waals surface area contributed by atoms with E-state index in [4.69, 9.17) is 0 Å². The minimum absolute atomic E-state index is 0.0979. The Morgan fingerprint density at radius 1 is 1.26 bits per heavy atom. The Morgan fingerprint density at radius 3 is 2.78 bits per heavy atom. The average molecular weight is 309 g/mol. The van der Waals surface area contributed by atoms with Crippen molar-refractivity contribution in [2.24, 2.45) is 0 Å². The van der Waals surface area contributed by atoms with Gasteiger partial charge < -0.3 is 10.2 Å². The third-order valence-corrected chi connectivity index (χ3v) is 4.52. The van der Waals surface area contributed by atoms with Crippen LogP contribution in [0.1, 0.15) is 40.2 Å². The van der Waals surface area contributed by atoms with Crippen molar-refractivity contribution in [2.45, 2.75) is 25.7 Å². The molecular weight excluding hydrogens is 286 g/mol. The number of aryl methyl sites for hydroxylation is 1. The van der Waals surface area contributed by atoms with Crippen LogP contribution in [0.2, 0.25) is 0 Å². The maximum atomic E-state index is 12.8. The zero-order valence-electron chi connectivity index (χ0n) is 13.7. The second-order valence-corrected chi connectivity index (χ2v) is 6.18. The van der Waals surface area contributed by atoms with Crippen LogP contribution in [0.3, 0.4) is 0 Å². The van der Waals surface area contributed by atoms with E-state index in [1.54, 1.807) is 12.3 Å². The zero-order chi connectivity index (χ0) is 16.2. The Labute approximate surface area is 137 Å². The number of likely N-dealkylation sites (tertiary alicyclic amines) is 1. The fourth-order valence-electron chi connectivity index (χ4n) is 3.16. The molecule has 1 aliphatic heterocycles. The number of aromatic nitrogens is 1. The van der Waals surface area contributed by atoms with Crippen molar-refractivity contribution in [1.82, 2.24) is 9.88 Å². The highest BCUT2D eigenvalue weighted by Gasteiger charge is 2.25. The van der Waals surface area contributed by atoms with Crippen LogP contribution in [0.25, 0.3) is 0 Å². The van der Waals surface area contributed by atoms with Gasteiger partial charge in [-0.15, -0.1) is 0 Å². The van der Waals surface area contributed by atoms with E-state index in [1.807, 2.05) is 18.0 Å². The Kier molecular flexibility index (Phi) is 4.60. The number of hydrogen-bond donors (Lipinski definition) is 1. The monoisotopic (exact) mass is 309 g/mol. The van der Waals surface area contributed by atoms with E-state index in [-0.39, 0.29) is 5.91 Å². The molecule has 1 saturated heterocycles. The summed E-state index contributed by atoms with van der Waals surface area (Å²) in [4.78, 5) is 18.9. The summed E-state index contributed by atoms with van der Waals surface area (Å²) in [5.41, 5.74) is 3.31. The highest BCUT2D eigenvalue weighted by atomic mass is 16.2. The van der Waals surface area contributed by atoms with E-state index < -0.39 is 0 Å². The van der Waals surface area contributed by atoms with Crippen LogP contribution >= 0.6 is 0 Å². The topological polar surface area (TPSA) is 45.2 Å². The zero-order valence-corrected chi connectivity index (χ0v) is 13.7. The molecule has 1 aliphatic rings. The number of amides is 1. The Hall–Kier alpha value is -2.36. The molecule has 0 radical (unpaired) electrons. The average Bonchev–Trinajstić information content (AvgIpc) is 2.62. The van der Waals surface area contributed by atoms with Gasteiger partial charge in [-0.1, -0.05) is 29.8 Å². The van der Waals surface area contributed by atoms with Crippen LogP contribution in [0.5, 0.6) is 0 Å². The van der Waals surface area contributed by atoms with E-state index >= 15 is 0 Å². The Morgan fingerprint density at radius 2 is 2.04 bits per heavy atom. The molecule has 1 aromatic carbocycles. The predicted octanol–water partition coefficient (Wildman–Crippen LogP) is 3.45. The van der Waals surface area contributed by atoms with Gasteiger partial charge in [0.15, 0.2) is 0 Å². The van der Waals surface area contributed by atoms with Gasteiger partial charge in [-0.05, 0) is 37.5 Å². The summed E-state index contributed by atoms with van der Waals surface area (Å²) in [6, 6.07) is 12.3. The summed E-state index contributed by atoms with van der Waals surface area (Å²) in [6.07, 6.45) is 3.87. The van der Waals surface area contributed by atoms with Crippen LogP contribution in [0.15, 0.2) is 42.6 Å². The molecule has 2 aromatic rings. The van der Waals surface area contributed by atoms with Crippen molar-refractivity contribution in [3.63, 3.8) is 0 Å². The van der Waals surface area contributed by atoms with Crippen molar-refractivity contribution in [1.29, 1.82) is 0 Å². The number of hydrogen-bond acceptors (Lipinski definition) is 3. The lowest BCUT2D eigenvalue weighted by molar-refractivity contribution is 0.0707. The lowest BCUT2D eigenvalue weighted by Crippen LogP contribution is -2.39. The summed E-state index contributed by atoms with van der Waals surface area (Å²) in [6.45, 7) is 3.72. The molecule has 0 aliphatic carbocycles. The molecule has 2 heterocycles. The van der Waals surface area contributed by atoms with Crippen molar-refractivity contribution in [3.8, 4) is 0 Å². The molecule has 3 rings (SSSR count). The predicted molar refractivity (Wildman–Crippen MR) is 92.8 cm³/mol. The number of piperidine rings is 1. The summed E-state index contributed by atoms with van der Waals surface area (Å²) in [5.74, 6) is 1.25. The largest absolute Gasteiger partial charge is 0.373 e. The molecule has 4 nitrogen and oxygen atoms in total. The third-order valence-electron chi connectivity index (χ3n) is 4.52. The molecule has 120 valence electrons. The molecule has 1 N–H and O–H groups in total. The van der Waals surface area contributed by atoms with Crippen LogP contribution in [0, 0.1) is 6.92 Å². The van der Waals surface area contributed by atoms with Gasteiger partial charge in [-0.2, -0.15) is 0 Å². The van der Waals surface area contributed by atoms with Crippen molar-refractivity contribution >= 4 is 11.7 Å². The molecule has 1 atom stereocenters. The first-order valence-corrected chi connectivity index (χ1v) is 8.17. The number of nitrogens with one attached hydrogen (secondary N) is 1. The summed E-state index contributed by atoms with van der Waals surface area (Å²) < 4.78 is 0. The second-order valence-electron chi connectivity index (χ2n) is 6.18. The maximum Gasteiger partial charge on any atom is 0.254 e. The van der Waals surface area contributed by atoms with Gasteiger partial charge in [0, 0.05) is 37.8 Å². The summed E-state index contributed by atoms with van der Waals surface area (Å²) >= 11 is 0. The summed E-state index contributed by atoms with van der Waals surface area (Å²) in [5, 5.41) is 2.98. The van der Waals surface area contributed by atoms with E-state index in [9.17, 15) is 4.79 Å². The minimum atomic E-state index is 0.0979. The number of carbonyl (C=O) groups excluding carboxylic acids is 1. The van der Waals surface area contributed by atoms with Gasteiger partial charge in [-0.3, -0.25) is 4.79 Å². The molecule has 0 unspecified atom stereocenters. The van der Waals surface area contributed by atoms with Crippen molar-refractivity contribution in [3.05, 3.63) is 59.3 Å². The minimum Gasteiger partial charge on any atom is -0.373 e. The lowest BCUT2D eigenvalue weighted by Gasteiger charge is -2.33. The molecule has 0 spiro atoms. The quantitative estimate of drug-likeness (QED) is 0.944. The first kappa shape index (κ1) is 15.5. The van der Waals surface area contributed by atoms with E-state index in [1.165, 1.54) is 11.1 Å². The van der Waals surface area contributed by atoms with Crippen molar-refractivity contribution in [2.75, 3.05) is 25.5 Å². The molecule has 23 heavy (non-hydrogen) atoms. The molecule has 1 aromatic heterocycles. The highest BCUT2D eigenvalue weighted by Crippen LogP contribution is 2.28. The third kappa shape index (κ3) is 3.52. The second kappa shape index (κ2) is 6.82. The van der Waals surface area contributed by atoms with Gasteiger partial charge in [0.25, 0.3) is 5.91 Å². The number of benzene rings is 1. The van der Waals surface area contributed by atoms with E-state index in [2.05, 4.69) is 41.5 Å². The van der Waals surface area contributed by atoms with Gasteiger partial charge in [0.1, 0.15) is 5.82 Å². The van der Waals surface area contributed by atoms with Crippen LogP contribution in [-0.4, -0.2) is 35.9 Å². The first-order chi connectivity index (χ1) is 11.2. The fraction of sp³-hybridized carbons (Fsp3) is 0.368. The van der Waals surface area contributed by atoms with Gasteiger partial charge >= 0.3 is 0 Å². The first-order valence-electron chi connectivity index (χ1n) is 8.17. The van der Waals surface area contributed by atoms with Crippen LogP contribution in [-0.2, 0) is 0 Å². The number of nitrogens with zero attached hydrogens (tertiary/aromatic N) is 2. The van der Waals surface area contributed by atoms with E-state index in [0.717, 1.165) is 31.7 Å². The van der Waals surface area contributed by atoms with Crippen LogP contribution < -0.4 is 5.32 Å². The number of anilines is 1. The molecular formula is C19H23N3O. The molecule has 0 saturated carbocycles. The molecule has 1 amide bonds. The molecule has 4 heteroatoms. The van der Waals surface area contributed by atoms with Gasteiger partial charge in [0.05, 0.1) is 0 Å². The summed E-state index contributed by atoms with van der Waals surface area (Å²) in [7, 11) is 1.81. The fourth-order valence-corrected chi connectivity index (χ4v) is 3.16. The standard InChI is InChI=1S/C19H23N3O/c1-14-5-7-15(8-6-14)17-4-3-11-22(13-17)19(23)16-9-10-21-18(12-16)20-2/h5-10,12,17H,3-4,11,13H2,1-2H3,(H,20,21)/t17-/m0/s1. The molecule has 1 fully saturated rings. The number of pyridine rings is 1. The number of rotatable bonds is 3.